The number of aliphatic hydroxyl groups is 1. The summed E-state index contributed by atoms with van der Waals surface area (Å²) in [4.78, 5) is 74.4. The van der Waals surface area contributed by atoms with Gasteiger partial charge < -0.3 is 54.2 Å². The summed E-state index contributed by atoms with van der Waals surface area (Å²) in [6.45, 7) is 1.20. The third-order valence-electron chi connectivity index (χ3n) is 4.39. The number of nitrogens with one attached hydrogen (secondary N) is 3. The van der Waals surface area contributed by atoms with Crippen molar-refractivity contribution in [2.24, 2.45) is 27.9 Å². The van der Waals surface area contributed by atoms with E-state index in [1.54, 1.807) is 0 Å². The molecule has 5 atom stereocenters. The number of nitrogens with zero attached hydrogens (tertiary/aromatic N) is 1. The maximum atomic E-state index is 12.7. The molecule has 0 bridgehead atoms. The van der Waals surface area contributed by atoms with Crippen LogP contribution in [0, 0.1) is 0 Å². The molecular formula is C18H32N8O9. The second kappa shape index (κ2) is 15.0. The molecule has 0 aromatic rings. The summed E-state index contributed by atoms with van der Waals surface area (Å²) < 4.78 is 0. The summed E-state index contributed by atoms with van der Waals surface area (Å²) in [6, 6.07) is -6.25. The topological polar surface area (TPSA) is 316 Å². The molecule has 0 fully saturated rings. The van der Waals surface area contributed by atoms with Gasteiger partial charge in [0.25, 0.3) is 0 Å². The lowest BCUT2D eigenvalue weighted by atomic mass is 10.1. The molecular weight excluding hydrogens is 472 g/mol. The number of aliphatic hydroxyl groups excluding tert-OH is 1. The Morgan fingerprint density at radius 3 is 1.89 bits per heavy atom. The van der Waals surface area contributed by atoms with E-state index in [4.69, 9.17) is 33.1 Å². The zero-order chi connectivity index (χ0) is 27.3. The van der Waals surface area contributed by atoms with Crippen molar-refractivity contribution in [3.05, 3.63) is 0 Å². The number of carboxylic acid groups (broad SMARTS) is 2. The van der Waals surface area contributed by atoms with Gasteiger partial charge in [0.2, 0.25) is 23.6 Å². The number of primary amides is 1. The Morgan fingerprint density at radius 1 is 0.857 bits per heavy atom. The van der Waals surface area contributed by atoms with E-state index in [1.807, 2.05) is 5.32 Å². The van der Waals surface area contributed by atoms with Crippen LogP contribution in [0.5, 0.6) is 0 Å². The quantitative estimate of drug-likeness (QED) is 0.0535. The van der Waals surface area contributed by atoms with Crippen LogP contribution in [-0.2, 0) is 28.8 Å². The van der Waals surface area contributed by atoms with E-state index in [0.29, 0.717) is 0 Å². The Bertz CT molecular complexity index is 829. The average molecular weight is 505 g/mol. The number of amides is 4. The van der Waals surface area contributed by atoms with Gasteiger partial charge in [0.1, 0.15) is 18.1 Å². The van der Waals surface area contributed by atoms with Gasteiger partial charge in [0.15, 0.2) is 5.96 Å². The van der Waals surface area contributed by atoms with Crippen LogP contribution in [0.4, 0.5) is 0 Å². The number of rotatable bonds is 16. The molecule has 0 aliphatic heterocycles. The molecule has 5 unspecified atom stereocenters. The predicted octanol–water partition coefficient (Wildman–Crippen LogP) is -5.36. The van der Waals surface area contributed by atoms with Crippen LogP contribution in [-0.4, -0.2) is 93.7 Å². The van der Waals surface area contributed by atoms with E-state index in [9.17, 15) is 33.9 Å². The van der Waals surface area contributed by atoms with Crippen LogP contribution in [0.1, 0.15) is 32.6 Å². The molecule has 0 rings (SSSR count). The predicted molar refractivity (Wildman–Crippen MR) is 119 cm³/mol. The van der Waals surface area contributed by atoms with E-state index < -0.39 is 78.7 Å². The maximum Gasteiger partial charge on any atom is 0.326 e. The summed E-state index contributed by atoms with van der Waals surface area (Å²) in [5.74, 6) is -7.29. The maximum absolute atomic E-state index is 12.7. The minimum atomic E-state index is -1.80. The Labute approximate surface area is 199 Å². The van der Waals surface area contributed by atoms with Crippen LogP contribution in [0.15, 0.2) is 4.99 Å². The molecule has 35 heavy (non-hydrogen) atoms. The molecule has 4 amide bonds. The van der Waals surface area contributed by atoms with Gasteiger partial charge in [-0.05, 0) is 19.8 Å². The molecule has 0 heterocycles. The summed E-state index contributed by atoms with van der Waals surface area (Å²) in [5.41, 5.74) is 20.9. The first-order chi connectivity index (χ1) is 16.1. The number of carboxylic acids is 2. The van der Waals surface area contributed by atoms with Crippen molar-refractivity contribution in [1.82, 2.24) is 16.0 Å². The number of nitrogens with two attached hydrogens (primary N) is 4. The fourth-order valence-corrected chi connectivity index (χ4v) is 2.66. The lowest BCUT2D eigenvalue weighted by Crippen LogP contribution is -2.60. The van der Waals surface area contributed by atoms with Crippen molar-refractivity contribution < 1.29 is 44.1 Å². The molecule has 0 aromatic carbocycles. The minimum Gasteiger partial charge on any atom is -0.481 e. The van der Waals surface area contributed by atoms with Crippen LogP contribution in [0.3, 0.4) is 0 Å². The van der Waals surface area contributed by atoms with Gasteiger partial charge in [-0.2, -0.15) is 0 Å². The number of guanidine groups is 1. The zero-order valence-corrected chi connectivity index (χ0v) is 19.0. The molecule has 0 aliphatic rings. The summed E-state index contributed by atoms with van der Waals surface area (Å²) in [5, 5.41) is 34.3. The van der Waals surface area contributed by atoms with Gasteiger partial charge in [-0.1, -0.05) is 0 Å². The number of aliphatic imine (C=N–C) groups is 1. The minimum absolute atomic E-state index is 0.0397. The monoisotopic (exact) mass is 504 g/mol. The standard InChI is InChI=1S/C18H32N8O9/c1-7(27)13(26-14(31)8(19)5-11(20)28)16(33)24-9(3-2-4-23-18(21)22)15(32)25-10(17(34)35)6-12(29)30/h7-10,13,27H,2-6,19H2,1H3,(H2,20,28)(H,24,33)(H,25,32)(H,26,31)(H,29,30)(H,34,35)(H4,21,22,23). The highest BCUT2D eigenvalue weighted by molar-refractivity contribution is 5.95. The van der Waals surface area contributed by atoms with Crippen LogP contribution < -0.4 is 38.9 Å². The fraction of sp³-hybridized carbons (Fsp3) is 0.611. The Kier molecular flexibility index (Phi) is 13.3. The van der Waals surface area contributed by atoms with Crippen molar-refractivity contribution in [2.45, 2.75) is 62.9 Å². The van der Waals surface area contributed by atoms with Crippen molar-refractivity contribution in [2.75, 3.05) is 6.54 Å². The van der Waals surface area contributed by atoms with Crippen molar-refractivity contribution in [3.8, 4) is 0 Å². The van der Waals surface area contributed by atoms with Crippen molar-refractivity contribution in [1.29, 1.82) is 0 Å². The SMILES string of the molecule is CC(O)C(NC(=O)C(N)CC(N)=O)C(=O)NC(CCCN=C(N)N)C(=O)NC(CC(=O)O)C(=O)O. The average Bonchev–Trinajstić information content (AvgIpc) is 2.71. The number of carbonyl (C=O) groups excluding carboxylic acids is 4. The lowest BCUT2D eigenvalue weighted by molar-refractivity contribution is -0.147. The van der Waals surface area contributed by atoms with Crippen LogP contribution >= 0.6 is 0 Å². The third-order valence-corrected chi connectivity index (χ3v) is 4.39. The van der Waals surface area contributed by atoms with Crippen molar-refractivity contribution >= 4 is 41.5 Å². The van der Waals surface area contributed by atoms with Crippen LogP contribution in [0.2, 0.25) is 0 Å². The smallest absolute Gasteiger partial charge is 0.326 e. The van der Waals surface area contributed by atoms with Crippen LogP contribution in [0.25, 0.3) is 0 Å². The summed E-state index contributed by atoms with van der Waals surface area (Å²) >= 11 is 0. The normalized spacial score (nSPS) is 14.8. The second-order valence-electron chi connectivity index (χ2n) is 7.51. The molecule has 0 radical (unpaired) electrons. The van der Waals surface area contributed by atoms with Crippen molar-refractivity contribution in [3.63, 3.8) is 0 Å². The first kappa shape index (κ1) is 31.0. The van der Waals surface area contributed by atoms with Gasteiger partial charge in [-0.3, -0.25) is 29.0 Å². The van der Waals surface area contributed by atoms with Gasteiger partial charge in [0, 0.05) is 6.54 Å². The van der Waals surface area contributed by atoms with E-state index in [1.165, 1.54) is 0 Å². The number of hydrogen-bond acceptors (Lipinski definition) is 9. The lowest BCUT2D eigenvalue weighted by Gasteiger charge is -2.26. The molecule has 0 saturated heterocycles. The number of carbonyl (C=O) groups is 6. The number of aliphatic carboxylic acids is 2. The highest BCUT2D eigenvalue weighted by Gasteiger charge is 2.33. The first-order valence-electron chi connectivity index (χ1n) is 10.3. The van der Waals surface area contributed by atoms with Gasteiger partial charge in [-0.15, -0.1) is 0 Å². The molecule has 198 valence electrons. The van der Waals surface area contributed by atoms with E-state index in [-0.39, 0.29) is 25.3 Å². The van der Waals surface area contributed by atoms with Gasteiger partial charge in [-0.25, -0.2) is 4.79 Å². The Morgan fingerprint density at radius 2 is 1.43 bits per heavy atom. The molecule has 14 N–H and O–H groups in total. The Balaban J connectivity index is 5.60. The van der Waals surface area contributed by atoms with E-state index in [2.05, 4.69) is 15.6 Å². The molecule has 0 saturated carbocycles. The zero-order valence-electron chi connectivity index (χ0n) is 19.0. The van der Waals surface area contributed by atoms with Gasteiger partial charge in [0.05, 0.1) is 25.0 Å². The highest BCUT2D eigenvalue weighted by atomic mass is 16.4. The van der Waals surface area contributed by atoms with E-state index in [0.717, 1.165) is 6.92 Å². The molecule has 17 nitrogen and oxygen atoms in total. The first-order valence-corrected chi connectivity index (χ1v) is 10.3. The third kappa shape index (κ3) is 12.7. The fourth-order valence-electron chi connectivity index (χ4n) is 2.66. The summed E-state index contributed by atoms with van der Waals surface area (Å²) in [7, 11) is 0. The molecule has 17 heteroatoms. The number of hydrogen-bond donors (Lipinski definition) is 10. The molecule has 0 aliphatic carbocycles. The van der Waals surface area contributed by atoms with Gasteiger partial charge >= 0.3 is 11.9 Å². The largest absolute Gasteiger partial charge is 0.481 e. The Hall–Kier alpha value is -3.99. The molecule has 0 spiro atoms. The highest BCUT2D eigenvalue weighted by Crippen LogP contribution is 2.04. The second-order valence-corrected chi connectivity index (χ2v) is 7.51. The van der Waals surface area contributed by atoms with E-state index >= 15 is 0 Å². The molecule has 0 aromatic heterocycles. The summed E-state index contributed by atoms with van der Waals surface area (Å²) in [6.07, 6.45) is -2.95.